The molecule has 0 saturated carbocycles. The zero-order valence-electron chi connectivity index (χ0n) is 11.8. The van der Waals surface area contributed by atoms with Crippen LogP contribution in [0.25, 0.3) is 11.0 Å². The Balaban J connectivity index is 1.88. The number of furan rings is 1. The molecule has 22 heavy (non-hydrogen) atoms. The van der Waals surface area contributed by atoms with Crippen molar-refractivity contribution >= 4 is 16.9 Å². The first-order chi connectivity index (χ1) is 10.7. The summed E-state index contributed by atoms with van der Waals surface area (Å²) < 4.78 is 15.4. The highest BCUT2D eigenvalue weighted by Crippen LogP contribution is 2.20. The van der Waals surface area contributed by atoms with Crippen LogP contribution in [-0.2, 0) is 6.54 Å². The molecule has 0 fully saturated rings. The molecule has 0 aliphatic heterocycles. The predicted octanol–water partition coefficient (Wildman–Crippen LogP) is 2.32. The summed E-state index contributed by atoms with van der Waals surface area (Å²) in [6.07, 6.45) is 1.51. The maximum atomic E-state index is 12.1. The van der Waals surface area contributed by atoms with E-state index in [0.29, 0.717) is 22.5 Å². The number of benzene rings is 1. The molecule has 0 unspecified atom stereocenters. The lowest BCUT2D eigenvalue weighted by molar-refractivity contribution is 0.0944. The first-order valence-electron chi connectivity index (χ1n) is 6.60. The van der Waals surface area contributed by atoms with E-state index in [2.05, 4.69) is 5.32 Å². The molecule has 1 amide bonds. The van der Waals surface area contributed by atoms with Crippen molar-refractivity contribution in [2.75, 3.05) is 7.11 Å². The van der Waals surface area contributed by atoms with Gasteiger partial charge in [0, 0.05) is 11.5 Å². The van der Waals surface area contributed by atoms with Crippen LogP contribution in [0.3, 0.4) is 0 Å². The van der Waals surface area contributed by atoms with Crippen LogP contribution in [-0.4, -0.2) is 13.0 Å². The maximum Gasteiger partial charge on any atom is 0.349 e. The SMILES string of the molecule is COc1ccc2cc(C(=O)NCc3ccco3)c(=O)oc2c1. The Kier molecular flexibility index (Phi) is 3.65. The van der Waals surface area contributed by atoms with Crippen LogP contribution >= 0.6 is 0 Å². The second-order valence-electron chi connectivity index (χ2n) is 4.61. The molecule has 0 saturated heterocycles. The lowest BCUT2D eigenvalue weighted by atomic mass is 10.1. The predicted molar refractivity (Wildman–Crippen MR) is 78.9 cm³/mol. The van der Waals surface area contributed by atoms with Gasteiger partial charge in [-0.2, -0.15) is 0 Å². The van der Waals surface area contributed by atoms with Crippen molar-refractivity contribution in [3.05, 3.63) is 64.4 Å². The highest BCUT2D eigenvalue weighted by atomic mass is 16.5. The number of hydrogen-bond donors (Lipinski definition) is 1. The molecule has 1 N–H and O–H groups in total. The van der Waals surface area contributed by atoms with Crippen LogP contribution in [0.2, 0.25) is 0 Å². The maximum absolute atomic E-state index is 12.1. The molecule has 1 aromatic carbocycles. The summed E-state index contributed by atoms with van der Waals surface area (Å²) in [4.78, 5) is 24.0. The van der Waals surface area contributed by atoms with Gasteiger partial charge in [0.2, 0.25) is 0 Å². The van der Waals surface area contributed by atoms with Crippen LogP contribution in [0.1, 0.15) is 16.1 Å². The van der Waals surface area contributed by atoms with Gasteiger partial charge in [-0.3, -0.25) is 4.79 Å². The molecule has 6 nitrogen and oxygen atoms in total. The fourth-order valence-corrected chi connectivity index (χ4v) is 2.05. The normalized spacial score (nSPS) is 10.6. The summed E-state index contributed by atoms with van der Waals surface area (Å²) in [7, 11) is 1.52. The number of carbonyl (C=O) groups excluding carboxylic acids is 1. The van der Waals surface area contributed by atoms with Crippen molar-refractivity contribution in [3.63, 3.8) is 0 Å². The van der Waals surface area contributed by atoms with Crippen molar-refractivity contribution in [3.8, 4) is 5.75 Å². The molecule has 3 rings (SSSR count). The monoisotopic (exact) mass is 299 g/mol. The minimum Gasteiger partial charge on any atom is -0.497 e. The first kappa shape index (κ1) is 13.9. The Morgan fingerprint density at radius 3 is 2.86 bits per heavy atom. The van der Waals surface area contributed by atoms with Gasteiger partial charge in [0.1, 0.15) is 22.7 Å². The van der Waals surface area contributed by atoms with E-state index in [0.717, 1.165) is 0 Å². The number of ether oxygens (including phenoxy) is 1. The third-order valence-electron chi connectivity index (χ3n) is 3.19. The largest absolute Gasteiger partial charge is 0.497 e. The van der Waals surface area contributed by atoms with Crippen molar-refractivity contribution in [1.29, 1.82) is 0 Å². The average molecular weight is 299 g/mol. The summed E-state index contributed by atoms with van der Waals surface area (Å²) in [5.41, 5.74) is -0.381. The van der Waals surface area contributed by atoms with E-state index in [1.807, 2.05) is 0 Å². The summed E-state index contributed by atoms with van der Waals surface area (Å²) in [6, 6.07) is 10.0. The summed E-state index contributed by atoms with van der Waals surface area (Å²) >= 11 is 0. The van der Waals surface area contributed by atoms with E-state index < -0.39 is 11.5 Å². The van der Waals surface area contributed by atoms with Crippen LogP contribution in [0.15, 0.2) is 56.3 Å². The standard InChI is InChI=1S/C16H13NO5/c1-20-11-5-4-10-7-13(16(19)22-14(10)8-11)15(18)17-9-12-3-2-6-21-12/h2-8H,9H2,1H3,(H,17,18). The van der Waals surface area contributed by atoms with Crippen LogP contribution < -0.4 is 15.7 Å². The molecular weight excluding hydrogens is 286 g/mol. The van der Waals surface area contributed by atoms with Crippen molar-refractivity contribution in [1.82, 2.24) is 5.32 Å². The first-order valence-corrected chi connectivity index (χ1v) is 6.60. The number of carbonyl (C=O) groups is 1. The molecule has 0 aliphatic rings. The van der Waals surface area contributed by atoms with Gasteiger partial charge in [0.15, 0.2) is 0 Å². The number of hydrogen-bond acceptors (Lipinski definition) is 5. The number of fused-ring (bicyclic) bond motifs is 1. The molecular formula is C16H13NO5. The fourth-order valence-electron chi connectivity index (χ4n) is 2.05. The lowest BCUT2D eigenvalue weighted by Gasteiger charge is -2.05. The van der Waals surface area contributed by atoms with Crippen molar-refractivity contribution < 1.29 is 18.4 Å². The Morgan fingerprint density at radius 1 is 1.27 bits per heavy atom. The van der Waals surface area contributed by atoms with E-state index in [1.165, 1.54) is 19.4 Å². The van der Waals surface area contributed by atoms with E-state index in [9.17, 15) is 9.59 Å². The summed E-state index contributed by atoms with van der Waals surface area (Å²) in [6.45, 7) is 0.200. The molecule has 0 aliphatic carbocycles. The molecule has 112 valence electrons. The van der Waals surface area contributed by atoms with Gasteiger partial charge in [-0.25, -0.2) is 4.79 Å². The number of amides is 1. The van der Waals surface area contributed by atoms with E-state index in [-0.39, 0.29) is 12.1 Å². The van der Waals surface area contributed by atoms with E-state index in [4.69, 9.17) is 13.6 Å². The molecule has 2 aromatic heterocycles. The van der Waals surface area contributed by atoms with Gasteiger partial charge in [-0.15, -0.1) is 0 Å². The Morgan fingerprint density at radius 2 is 2.14 bits per heavy atom. The smallest absolute Gasteiger partial charge is 0.349 e. The number of nitrogens with one attached hydrogen (secondary N) is 1. The van der Waals surface area contributed by atoms with Gasteiger partial charge in [0.05, 0.1) is 19.9 Å². The van der Waals surface area contributed by atoms with Gasteiger partial charge in [0.25, 0.3) is 5.91 Å². The highest BCUT2D eigenvalue weighted by molar-refractivity contribution is 5.96. The van der Waals surface area contributed by atoms with Crippen molar-refractivity contribution in [2.45, 2.75) is 6.54 Å². The van der Waals surface area contributed by atoms with E-state index in [1.54, 1.807) is 30.3 Å². The van der Waals surface area contributed by atoms with Crippen LogP contribution in [0.4, 0.5) is 0 Å². The second-order valence-corrected chi connectivity index (χ2v) is 4.61. The molecule has 2 heterocycles. The third kappa shape index (κ3) is 2.71. The molecule has 0 radical (unpaired) electrons. The summed E-state index contributed by atoms with van der Waals surface area (Å²) in [5.74, 6) is 0.664. The molecule has 3 aromatic rings. The fraction of sp³-hybridized carbons (Fsp3) is 0.125. The van der Waals surface area contributed by atoms with Gasteiger partial charge in [-0.05, 0) is 30.3 Å². The second kappa shape index (κ2) is 5.77. The number of methoxy groups -OCH3 is 1. The minimum atomic E-state index is -0.697. The van der Waals surface area contributed by atoms with Crippen LogP contribution in [0.5, 0.6) is 5.75 Å². The van der Waals surface area contributed by atoms with Crippen molar-refractivity contribution in [2.24, 2.45) is 0 Å². The number of rotatable bonds is 4. The zero-order chi connectivity index (χ0) is 15.5. The Hall–Kier alpha value is -3.02. The minimum absolute atomic E-state index is 0.0516. The lowest BCUT2D eigenvalue weighted by Crippen LogP contribution is -2.27. The molecule has 6 heteroatoms. The van der Waals surface area contributed by atoms with Gasteiger partial charge < -0.3 is 18.9 Å². The topological polar surface area (TPSA) is 81.7 Å². The third-order valence-corrected chi connectivity index (χ3v) is 3.19. The molecule has 0 atom stereocenters. The van der Waals surface area contributed by atoms with E-state index >= 15 is 0 Å². The molecule has 0 spiro atoms. The van der Waals surface area contributed by atoms with Gasteiger partial charge >= 0.3 is 5.63 Å². The quantitative estimate of drug-likeness (QED) is 0.748. The summed E-state index contributed by atoms with van der Waals surface area (Å²) in [5, 5.41) is 3.25. The van der Waals surface area contributed by atoms with Gasteiger partial charge in [-0.1, -0.05) is 0 Å². The van der Waals surface area contributed by atoms with Crippen LogP contribution in [0, 0.1) is 0 Å². The average Bonchev–Trinajstić information content (AvgIpc) is 3.04. The Bertz CT molecular complexity index is 864. The molecule has 0 bridgehead atoms. The zero-order valence-corrected chi connectivity index (χ0v) is 11.8. The highest BCUT2D eigenvalue weighted by Gasteiger charge is 2.14. The Labute approximate surface area is 125 Å².